The van der Waals surface area contributed by atoms with Gasteiger partial charge in [-0.15, -0.1) is 0 Å². The van der Waals surface area contributed by atoms with Gasteiger partial charge in [0, 0.05) is 10.7 Å². The standard InChI is InChI=1S/C25H16Br2ClN3O5/c26-19-10-14(11-20(27)22(19)36-13-21(32)29-16-6-2-1-3-7-16)9-18-23(33)30-25(35)31(24(18)34)17-8-4-5-15(28)12-17/h1-12H,13H2,(H,29,32)(H,30,33,35)/b18-9+. The van der Waals surface area contributed by atoms with Crippen molar-refractivity contribution in [1.82, 2.24) is 5.32 Å². The molecule has 2 N–H and O–H groups in total. The molecule has 1 fully saturated rings. The largest absolute Gasteiger partial charge is 0.481 e. The normalized spacial score (nSPS) is 14.6. The van der Waals surface area contributed by atoms with E-state index in [2.05, 4.69) is 42.5 Å². The summed E-state index contributed by atoms with van der Waals surface area (Å²) in [6.45, 7) is -0.246. The molecule has 4 rings (SSSR count). The van der Waals surface area contributed by atoms with Crippen molar-refractivity contribution >= 4 is 84.7 Å². The first-order valence-electron chi connectivity index (χ1n) is 10.4. The SMILES string of the molecule is O=C(COc1c(Br)cc(/C=C2\C(=O)NC(=O)N(c3cccc(Cl)c3)C2=O)cc1Br)Nc1ccccc1. The summed E-state index contributed by atoms with van der Waals surface area (Å²) in [4.78, 5) is 50.9. The monoisotopic (exact) mass is 631 g/mol. The van der Waals surface area contributed by atoms with Crippen LogP contribution in [0, 0.1) is 0 Å². The van der Waals surface area contributed by atoms with Crippen molar-refractivity contribution < 1.29 is 23.9 Å². The maximum absolute atomic E-state index is 13.1. The minimum absolute atomic E-state index is 0.225. The van der Waals surface area contributed by atoms with E-state index in [4.69, 9.17) is 16.3 Å². The van der Waals surface area contributed by atoms with Crippen molar-refractivity contribution in [1.29, 1.82) is 0 Å². The van der Waals surface area contributed by atoms with Crippen LogP contribution in [0.2, 0.25) is 5.02 Å². The molecule has 0 spiro atoms. The minimum atomic E-state index is -0.871. The molecule has 0 aromatic heterocycles. The van der Waals surface area contributed by atoms with Crippen molar-refractivity contribution in [3.8, 4) is 5.75 Å². The van der Waals surface area contributed by atoms with E-state index < -0.39 is 17.8 Å². The molecule has 0 aliphatic carbocycles. The van der Waals surface area contributed by atoms with E-state index in [1.165, 1.54) is 18.2 Å². The summed E-state index contributed by atoms with van der Waals surface area (Å²) in [7, 11) is 0. The van der Waals surface area contributed by atoms with Crippen LogP contribution in [0.25, 0.3) is 6.08 Å². The van der Waals surface area contributed by atoms with E-state index in [0.29, 0.717) is 31.0 Å². The Hall–Kier alpha value is -3.47. The summed E-state index contributed by atoms with van der Waals surface area (Å²) in [5.74, 6) is -1.61. The highest BCUT2D eigenvalue weighted by atomic mass is 79.9. The molecular weight excluding hydrogens is 618 g/mol. The number of urea groups is 1. The molecule has 1 heterocycles. The average molecular weight is 634 g/mol. The summed E-state index contributed by atoms with van der Waals surface area (Å²) < 4.78 is 6.60. The van der Waals surface area contributed by atoms with Crippen LogP contribution in [0.1, 0.15) is 5.56 Å². The Morgan fingerprint density at radius 3 is 2.36 bits per heavy atom. The lowest BCUT2D eigenvalue weighted by Crippen LogP contribution is -2.54. The van der Waals surface area contributed by atoms with Crippen molar-refractivity contribution in [2.45, 2.75) is 0 Å². The highest BCUT2D eigenvalue weighted by molar-refractivity contribution is 9.11. The van der Waals surface area contributed by atoms with Crippen LogP contribution >= 0.6 is 43.5 Å². The first kappa shape index (κ1) is 25.6. The number of hydrogen-bond acceptors (Lipinski definition) is 5. The summed E-state index contributed by atoms with van der Waals surface area (Å²) in [6, 6.07) is 17.5. The van der Waals surface area contributed by atoms with Gasteiger partial charge in [0.1, 0.15) is 11.3 Å². The highest BCUT2D eigenvalue weighted by Crippen LogP contribution is 2.36. The molecule has 0 saturated carbocycles. The lowest BCUT2D eigenvalue weighted by atomic mass is 10.1. The van der Waals surface area contributed by atoms with Gasteiger partial charge in [-0.2, -0.15) is 0 Å². The van der Waals surface area contributed by atoms with Gasteiger partial charge >= 0.3 is 6.03 Å². The molecule has 1 aliphatic rings. The number of ether oxygens (including phenoxy) is 1. The summed E-state index contributed by atoms with van der Waals surface area (Å²) in [6.07, 6.45) is 1.35. The van der Waals surface area contributed by atoms with Gasteiger partial charge in [-0.05, 0) is 86.0 Å². The van der Waals surface area contributed by atoms with Crippen LogP contribution in [-0.4, -0.2) is 30.4 Å². The summed E-state index contributed by atoms with van der Waals surface area (Å²) >= 11 is 12.8. The van der Waals surface area contributed by atoms with Gasteiger partial charge in [0.15, 0.2) is 6.61 Å². The third-order valence-corrected chi connectivity index (χ3v) is 6.32. The van der Waals surface area contributed by atoms with Crippen LogP contribution in [-0.2, 0) is 14.4 Å². The average Bonchev–Trinajstić information content (AvgIpc) is 2.82. The van der Waals surface area contributed by atoms with E-state index >= 15 is 0 Å². The number of nitrogens with one attached hydrogen (secondary N) is 2. The predicted octanol–water partition coefficient (Wildman–Crippen LogP) is 5.55. The number of carbonyl (C=O) groups is 4. The van der Waals surface area contributed by atoms with Gasteiger partial charge in [0.05, 0.1) is 14.6 Å². The van der Waals surface area contributed by atoms with Crippen LogP contribution in [0.4, 0.5) is 16.2 Å². The van der Waals surface area contributed by atoms with Crippen molar-refractivity contribution in [3.05, 3.63) is 91.8 Å². The molecule has 182 valence electrons. The zero-order valence-electron chi connectivity index (χ0n) is 18.3. The zero-order valence-corrected chi connectivity index (χ0v) is 22.2. The first-order chi connectivity index (χ1) is 17.2. The molecule has 3 aromatic carbocycles. The van der Waals surface area contributed by atoms with Gasteiger partial charge < -0.3 is 10.1 Å². The first-order valence-corrected chi connectivity index (χ1v) is 12.3. The smallest absolute Gasteiger partial charge is 0.335 e. The van der Waals surface area contributed by atoms with Crippen LogP contribution in [0.3, 0.4) is 0 Å². The molecule has 36 heavy (non-hydrogen) atoms. The van der Waals surface area contributed by atoms with E-state index in [1.807, 2.05) is 6.07 Å². The Balaban J connectivity index is 1.54. The van der Waals surface area contributed by atoms with Gasteiger partial charge in [0.2, 0.25) is 0 Å². The van der Waals surface area contributed by atoms with E-state index in [9.17, 15) is 19.2 Å². The number of imide groups is 2. The molecule has 8 nitrogen and oxygen atoms in total. The molecular formula is C25H16Br2ClN3O5. The second-order valence-corrected chi connectivity index (χ2v) is 9.60. The molecule has 0 atom stereocenters. The van der Waals surface area contributed by atoms with Crippen LogP contribution in [0.5, 0.6) is 5.75 Å². The van der Waals surface area contributed by atoms with Crippen molar-refractivity contribution in [2.24, 2.45) is 0 Å². The van der Waals surface area contributed by atoms with E-state index in [0.717, 1.165) is 4.90 Å². The maximum atomic E-state index is 13.1. The van der Waals surface area contributed by atoms with Gasteiger partial charge in [-0.1, -0.05) is 35.9 Å². The van der Waals surface area contributed by atoms with E-state index in [1.54, 1.807) is 48.5 Å². The number of anilines is 2. The second kappa shape index (κ2) is 11.1. The number of amides is 5. The molecule has 0 radical (unpaired) electrons. The number of hydrogen-bond donors (Lipinski definition) is 2. The van der Waals surface area contributed by atoms with Crippen LogP contribution < -0.4 is 20.3 Å². The Kier molecular flexibility index (Phi) is 7.88. The predicted molar refractivity (Wildman–Crippen MR) is 143 cm³/mol. The fourth-order valence-corrected chi connectivity index (χ4v) is 4.97. The molecule has 1 aliphatic heterocycles. The lowest BCUT2D eigenvalue weighted by molar-refractivity contribution is -0.122. The minimum Gasteiger partial charge on any atom is -0.481 e. The van der Waals surface area contributed by atoms with Crippen molar-refractivity contribution in [3.63, 3.8) is 0 Å². The Labute approximate surface area is 227 Å². The fraction of sp³-hybridized carbons (Fsp3) is 0.0400. The second-order valence-electron chi connectivity index (χ2n) is 7.45. The number of para-hydroxylation sites is 1. The number of benzene rings is 3. The molecule has 1 saturated heterocycles. The number of carbonyl (C=O) groups excluding carboxylic acids is 4. The topological polar surface area (TPSA) is 105 Å². The number of nitrogens with zero attached hydrogens (tertiary/aromatic N) is 1. The zero-order chi connectivity index (χ0) is 25.8. The Bertz CT molecular complexity index is 1390. The molecule has 11 heteroatoms. The number of barbiturate groups is 1. The summed E-state index contributed by atoms with van der Waals surface area (Å²) in [5.41, 5.74) is 1.09. The van der Waals surface area contributed by atoms with Gasteiger partial charge in [-0.3, -0.25) is 19.7 Å². The molecule has 3 aromatic rings. The fourth-order valence-electron chi connectivity index (χ4n) is 3.33. The Morgan fingerprint density at radius 1 is 1.00 bits per heavy atom. The molecule has 5 amide bonds. The molecule has 0 unspecified atom stereocenters. The molecule has 0 bridgehead atoms. The van der Waals surface area contributed by atoms with Crippen LogP contribution in [0.15, 0.2) is 81.2 Å². The third-order valence-electron chi connectivity index (χ3n) is 4.90. The van der Waals surface area contributed by atoms with Crippen molar-refractivity contribution in [2.75, 3.05) is 16.8 Å². The highest BCUT2D eigenvalue weighted by Gasteiger charge is 2.37. The maximum Gasteiger partial charge on any atom is 0.335 e. The number of halogens is 3. The van der Waals surface area contributed by atoms with E-state index in [-0.39, 0.29) is 23.8 Å². The number of rotatable bonds is 6. The lowest BCUT2D eigenvalue weighted by Gasteiger charge is -2.26. The third kappa shape index (κ3) is 5.84. The van der Waals surface area contributed by atoms with Gasteiger partial charge in [0.25, 0.3) is 17.7 Å². The van der Waals surface area contributed by atoms with Gasteiger partial charge in [-0.25, -0.2) is 9.69 Å². The summed E-state index contributed by atoms with van der Waals surface area (Å²) in [5, 5.41) is 5.22. The quantitative estimate of drug-likeness (QED) is 0.274. The Morgan fingerprint density at radius 2 is 1.69 bits per heavy atom.